The predicted molar refractivity (Wildman–Crippen MR) is 29.4 cm³/mol. The second kappa shape index (κ2) is 4.65. The summed E-state index contributed by atoms with van der Waals surface area (Å²) in [5.74, 6) is 0. The van der Waals surface area contributed by atoms with E-state index in [0.717, 1.165) is 0 Å². The zero-order chi connectivity index (χ0) is 5.15. The Morgan fingerprint density at radius 3 is 1.29 bits per heavy atom. The van der Waals surface area contributed by atoms with Gasteiger partial charge in [-0.25, -0.2) is 18.1 Å². The summed E-state index contributed by atoms with van der Waals surface area (Å²) in [4.78, 5) is 0. The van der Waals surface area contributed by atoms with Gasteiger partial charge in [0.25, 0.3) is 0 Å². The van der Waals surface area contributed by atoms with Crippen molar-refractivity contribution in [2.45, 2.75) is 20.8 Å². The molecule has 0 saturated carbocycles. The van der Waals surface area contributed by atoms with E-state index in [4.69, 9.17) is 0 Å². The molecule has 0 aliphatic rings. The maximum atomic E-state index is 3.72. The third-order valence-corrected chi connectivity index (χ3v) is 0.854. The molecule has 0 amide bonds. The van der Waals surface area contributed by atoms with E-state index in [0.29, 0.717) is 0 Å². The van der Waals surface area contributed by atoms with Crippen molar-refractivity contribution in [1.82, 2.24) is 0 Å². The van der Waals surface area contributed by atoms with Crippen molar-refractivity contribution >= 4 is 0 Å². The monoisotopic (exact) mass is 173 g/mol. The van der Waals surface area contributed by atoms with Crippen LogP contribution in [0, 0.1) is 6.92 Å². The molecule has 0 rings (SSSR count). The topological polar surface area (TPSA) is 0 Å². The minimum Gasteiger partial charge on any atom is -0.242 e. The Kier molecular flexibility index (Phi) is 6.95. The molecule has 0 aromatic carbocycles. The van der Waals surface area contributed by atoms with Crippen molar-refractivity contribution in [2.75, 3.05) is 0 Å². The molecule has 0 bridgehead atoms. The molecule has 40 valence electrons. The first-order valence-corrected chi connectivity index (χ1v) is 2.10. The van der Waals surface area contributed by atoms with Crippen LogP contribution in [0.3, 0.4) is 0 Å². The molecule has 0 N–H and O–H groups in total. The minimum absolute atomic E-state index is 0. The van der Waals surface area contributed by atoms with Gasteiger partial charge in [-0.1, -0.05) is 6.92 Å². The number of allylic oxidation sites excluding steroid dienone is 2. The Morgan fingerprint density at radius 2 is 1.29 bits per heavy atom. The van der Waals surface area contributed by atoms with Crippen LogP contribution in [0.2, 0.25) is 0 Å². The van der Waals surface area contributed by atoms with Gasteiger partial charge in [-0.15, -0.1) is 13.8 Å². The molecule has 0 aromatic rings. The average molecular weight is 174 g/mol. The van der Waals surface area contributed by atoms with E-state index < -0.39 is 0 Å². The first-order valence-electron chi connectivity index (χ1n) is 2.10. The predicted octanol–water partition coefficient (Wildman–Crippen LogP) is 2.17. The van der Waals surface area contributed by atoms with E-state index in [2.05, 4.69) is 20.8 Å². The molecular weight excluding hydrogens is 163 g/mol. The number of hydrogen-bond acceptors (Lipinski definition) is 0. The van der Waals surface area contributed by atoms with Crippen LogP contribution >= 0.6 is 0 Å². The standard InChI is InChI=1S/C6H11.Zr/c1-5(2)6(3)4;/h1H2,2-4H3;/q-1;. The largest absolute Gasteiger partial charge is 0.242 e. The van der Waals surface area contributed by atoms with E-state index in [9.17, 15) is 0 Å². The molecule has 1 heteroatoms. The van der Waals surface area contributed by atoms with E-state index in [1.807, 2.05) is 6.92 Å². The molecule has 0 unspecified atom stereocenters. The summed E-state index contributed by atoms with van der Waals surface area (Å²) in [7, 11) is 0. The van der Waals surface area contributed by atoms with Gasteiger partial charge in [0.1, 0.15) is 0 Å². The van der Waals surface area contributed by atoms with Crippen LogP contribution in [-0.2, 0) is 26.2 Å². The summed E-state index contributed by atoms with van der Waals surface area (Å²) in [5, 5.41) is 0. The van der Waals surface area contributed by atoms with Gasteiger partial charge >= 0.3 is 0 Å². The third kappa shape index (κ3) is 6.49. The smallest absolute Gasteiger partial charge is 0 e. The summed E-state index contributed by atoms with van der Waals surface area (Å²) < 4.78 is 0. The van der Waals surface area contributed by atoms with Gasteiger partial charge in [0.15, 0.2) is 0 Å². The fraction of sp³-hybridized carbons (Fsp3) is 0.500. The van der Waals surface area contributed by atoms with Crippen molar-refractivity contribution in [3.05, 3.63) is 18.1 Å². The van der Waals surface area contributed by atoms with Crippen LogP contribution in [0.25, 0.3) is 0 Å². The van der Waals surface area contributed by atoms with Crippen molar-refractivity contribution in [3.8, 4) is 0 Å². The van der Waals surface area contributed by atoms with Gasteiger partial charge < -0.3 is 0 Å². The van der Waals surface area contributed by atoms with Gasteiger partial charge in [0.05, 0.1) is 0 Å². The maximum absolute atomic E-state index is 3.72. The summed E-state index contributed by atoms with van der Waals surface area (Å²) in [5.41, 5.74) is 2.49. The van der Waals surface area contributed by atoms with Crippen LogP contribution in [-0.4, -0.2) is 0 Å². The molecule has 0 spiro atoms. The minimum atomic E-state index is 0. The summed E-state index contributed by atoms with van der Waals surface area (Å²) in [6, 6.07) is 0. The second-order valence-corrected chi connectivity index (χ2v) is 1.78. The van der Waals surface area contributed by atoms with Gasteiger partial charge in [-0.2, -0.15) is 0 Å². The molecular formula is C6H11Zr-. The van der Waals surface area contributed by atoms with Gasteiger partial charge in [0.2, 0.25) is 0 Å². The Hall–Kier alpha value is 0.493. The number of rotatable bonds is 0. The van der Waals surface area contributed by atoms with Crippen LogP contribution in [0.5, 0.6) is 0 Å². The molecule has 0 aliphatic carbocycles. The zero-order valence-corrected chi connectivity index (χ0v) is 7.67. The molecule has 0 heterocycles. The molecule has 0 aromatic heterocycles. The summed E-state index contributed by atoms with van der Waals surface area (Å²) >= 11 is 0. The Bertz CT molecular complexity index is 54.2. The molecule has 0 saturated heterocycles. The Morgan fingerprint density at radius 1 is 1.14 bits per heavy atom. The van der Waals surface area contributed by atoms with Crippen LogP contribution < -0.4 is 0 Å². The van der Waals surface area contributed by atoms with Crippen molar-refractivity contribution in [3.63, 3.8) is 0 Å². The van der Waals surface area contributed by atoms with Gasteiger partial charge in [-0.05, 0) is 0 Å². The van der Waals surface area contributed by atoms with E-state index in [-0.39, 0.29) is 26.2 Å². The molecule has 0 aliphatic heterocycles. The fourth-order valence-corrected chi connectivity index (χ4v) is 0. The first kappa shape index (κ1) is 10.5. The Balaban J connectivity index is 0. The van der Waals surface area contributed by atoms with E-state index in [1.54, 1.807) is 0 Å². The number of hydrogen-bond donors (Lipinski definition) is 0. The quantitative estimate of drug-likeness (QED) is 0.494. The molecule has 0 atom stereocenters. The molecule has 0 radical (unpaired) electrons. The second-order valence-electron chi connectivity index (χ2n) is 1.78. The zero-order valence-electron chi connectivity index (χ0n) is 5.21. The normalized spacial score (nSPS) is 6.71. The van der Waals surface area contributed by atoms with Crippen LogP contribution in [0.1, 0.15) is 20.8 Å². The van der Waals surface area contributed by atoms with Crippen molar-refractivity contribution in [2.24, 2.45) is 0 Å². The average Bonchev–Trinajstić information content (AvgIpc) is 1.36. The van der Waals surface area contributed by atoms with E-state index in [1.165, 1.54) is 11.1 Å². The van der Waals surface area contributed by atoms with E-state index >= 15 is 0 Å². The van der Waals surface area contributed by atoms with Crippen molar-refractivity contribution in [1.29, 1.82) is 0 Å². The van der Waals surface area contributed by atoms with Crippen LogP contribution in [0.4, 0.5) is 0 Å². The SMILES string of the molecule is [CH2-]C(C)=C(C)C.[Zr]. The molecule has 7 heavy (non-hydrogen) atoms. The fourth-order valence-electron chi connectivity index (χ4n) is 0. The molecule has 0 nitrogen and oxygen atoms in total. The van der Waals surface area contributed by atoms with Gasteiger partial charge in [0, 0.05) is 26.2 Å². The molecule has 0 fully saturated rings. The first-order chi connectivity index (χ1) is 2.64. The Labute approximate surface area is 65.1 Å². The van der Waals surface area contributed by atoms with Crippen molar-refractivity contribution < 1.29 is 26.2 Å². The third-order valence-electron chi connectivity index (χ3n) is 0.854. The summed E-state index contributed by atoms with van der Waals surface area (Å²) in [6.07, 6.45) is 0. The summed E-state index contributed by atoms with van der Waals surface area (Å²) in [6.45, 7) is 9.84. The van der Waals surface area contributed by atoms with Crippen LogP contribution in [0.15, 0.2) is 11.1 Å². The van der Waals surface area contributed by atoms with Gasteiger partial charge in [-0.3, -0.25) is 0 Å². The maximum Gasteiger partial charge on any atom is 0 e.